The maximum absolute atomic E-state index is 12.9. The van der Waals surface area contributed by atoms with Crippen LogP contribution in [-0.2, 0) is 11.2 Å². The summed E-state index contributed by atoms with van der Waals surface area (Å²) in [5.41, 5.74) is 7.33. The highest BCUT2D eigenvalue weighted by atomic mass is 32.1. The van der Waals surface area contributed by atoms with Gasteiger partial charge in [-0.05, 0) is 12.5 Å². The van der Waals surface area contributed by atoms with E-state index in [4.69, 9.17) is 10.5 Å². The van der Waals surface area contributed by atoms with E-state index in [0.717, 1.165) is 17.8 Å². The van der Waals surface area contributed by atoms with Gasteiger partial charge in [-0.25, -0.2) is 9.78 Å². The number of aromatic nitrogens is 1. The maximum Gasteiger partial charge on any atom is 0.348 e. The summed E-state index contributed by atoms with van der Waals surface area (Å²) in [7, 11) is 0. The number of ether oxygens (including phenoxy) is 1. The Kier molecular flexibility index (Phi) is 4.68. The molecule has 0 atom stereocenters. The minimum atomic E-state index is -1.08. The van der Waals surface area contributed by atoms with Gasteiger partial charge in [-0.2, -0.15) is 0 Å². The molecule has 24 heavy (non-hydrogen) atoms. The van der Waals surface area contributed by atoms with Gasteiger partial charge in [0.15, 0.2) is 0 Å². The number of carbonyl (C=O) groups is 2. The first-order chi connectivity index (χ1) is 11.5. The van der Waals surface area contributed by atoms with Crippen molar-refractivity contribution in [2.24, 2.45) is 0 Å². The van der Waals surface area contributed by atoms with Crippen molar-refractivity contribution in [3.8, 4) is 0 Å². The lowest BCUT2D eigenvalue weighted by Crippen LogP contribution is -2.41. The molecular weight excluding hydrogens is 330 g/mol. The molecule has 1 saturated heterocycles. The van der Waals surface area contributed by atoms with Crippen LogP contribution in [0.1, 0.15) is 39.1 Å². The number of nitrogens with two attached hydrogens (primary N) is 1. The summed E-state index contributed by atoms with van der Waals surface area (Å²) in [5.74, 6) is -1.17. The summed E-state index contributed by atoms with van der Waals surface area (Å²) in [4.78, 5) is 31.1. The Morgan fingerprint density at radius 2 is 2.12 bits per heavy atom. The van der Waals surface area contributed by atoms with E-state index in [1.807, 2.05) is 6.92 Å². The second-order valence-electron chi connectivity index (χ2n) is 5.64. The molecule has 0 bridgehead atoms. The number of nitrogens with zero attached hydrogens (tertiary/aromatic N) is 2. The number of carbonyl (C=O) groups excluding carboxylic acids is 1. The first-order valence-electron chi connectivity index (χ1n) is 7.85. The normalized spacial score (nSPS) is 15.0. The number of nitrogen functional groups attached to an aromatic ring is 1. The largest absolute Gasteiger partial charge is 0.477 e. The molecule has 128 valence electrons. The van der Waals surface area contributed by atoms with Gasteiger partial charge in [-0.15, -0.1) is 11.3 Å². The van der Waals surface area contributed by atoms with E-state index >= 15 is 0 Å². The molecule has 8 heteroatoms. The van der Waals surface area contributed by atoms with Crippen molar-refractivity contribution in [1.82, 2.24) is 9.88 Å². The lowest BCUT2D eigenvalue weighted by Gasteiger charge is -2.27. The van der Waals surface area contributed by atoms with Crippen LogP contribution in [0.4, 0.5) is 5.69 Å². The second kappa shape index (κ2) is 6.74. The third kappa shape index (κ3) is 2.94. The van der Waals surface area contributed by atoms with E-state index in [9.17, 15) is 14.7 Å². The van der Waals surface area contributed by atoms with Gasteiger partial charge in [0.05, 0.1) is 30.2 Å². The molecule has 1 amide bonds. The van der Waals surface area contributed by atoms with Crippen LogP contribution in [0.25, 0.3) is 10.2 Å². The fraction of sp³-hybridized carbons (Fsp3) is 0.438. The Hall–Kier alpha value is -2.19. The molecule has 0 unspecified atom stereocenters. The van der Waals surface area contributed by atoms with Crippen molar-refractivity contribution >= 4 is 39.1 Å². The third-order valence-electron chi connectivity index (χ3n) is 4.01. The molecule has 0 aliphatic carbocycles. The average molecular weight is 349 g/mol. The van der Waals surface area contributed by atoms with E-state index in [-0.39, 0.29) is 16.5 Å². The zero-order valence-electron chi connectivity index (χ0n) is 13.4. The molecule has 2 aromatic rings. The number of hydrogen-bond acceptors (Lipinski definition) is 6. The zero-order valence-corrected chi connectivity index (χ0v) is 14.2. The summed E-state index contributed by atoms with van der Waals surface area (Å²) in [5, 5.41) is 9.77. The second-order valence-corrected chi connectivity index (χ2v) is 6.64. The van der Waals surface area contributed by atoms with Crippen LogP contribution in [0, 0.1) is 0 Å². The number of pyridine rings is 1. The van der Waals surface area contributed by atoms with Gasteiger partial charge in [0.2, 0.25) is 0 Å². The highest BCUT2D eigenvalue weighted by Crippen LogP contribution is 2.34. The maximum atomic E-state index is 12.9. The van der Waals surface area contributed by atoms with Crippen LogP contribution in [0.15, 0.2) is 6.07 Å². The zero-order chi connectivity index (χ0) is 17.3. The van der Waals surface area contributed by atoms with Gasteiger partial charge < -0.3 is 20.5 Å². The molecule has 0 aromatic carbocycles. The van der Waals surface area contributed by atoms with Crippen molar-refractivity contribution in [3.63, 3.8) is 0 Å². The minimum absolute atomic E-state index is 0.0657. The predicted octanol–water partition coefficient (Wildman–Crippen LogP) is 2.00. The fourth-order valence-corrected chi connectivity index (χ4v) is 3.72. The molecule has 3 N–H and O–H groups in total. The van der Waals surface area contributed by atoms with Crippen LogP contribution in [0.5, 0.6) is 0 Å². The lowest BCUT2D eigenvalue weighted by atomic mass is 10.1. The molecule has 1 aliphatic rings. The number of amides is 1. The van der Waals surface area contributed by atoms with E-state index in [0.29, 0.717) is 54.2 Å². The van der Waals surface area contributed by atoms with Crippen LogP contribution < -0.4 is 5.73 Å². The number of morpholine rings is 1. The molecule has 3 rings (SSSR count). The Morgan fingerprint density at radius 3 is 2.75 bits per heavy atom. The molecule has 0 spiro atoms. The molecule has 0 saturated carbocycles. The molecule has 7 nitrogen and oxygen atoms in total. The number of aromatic carboxylic acids is 1. The van der Waals surface area contributed by atoms with E-state index < -0.39 is 5.97 Å². The topological polar surface area (TPSA) is 106 Å². The molecule has 3 heterocycles. The predicted molar refractivity (Wildman–Crippen MR) is 91.7 cm³/mol. The number of rotatable bonds is 4. The Bertz CT molecular complexity index is 796. The van der Waals surface area contributed by atoms with E-state index in [2.05, 4.69) is 4.98 Å². The number of thiophene rings is 1. The van der Waals surface area contributed by atoms with Crippen molar-refractivity contribution in [1.29, 1.82) is 0 Å². The van der Waals surface area contributed by atoms with Gasteiger partial charge in [-0.3, -0.25) is 4.79 Å². The van der Waals surface area contributed by atoms with Crippen LogP contribution in [-0.4, -0.2) is 53.2 Å². The lowest BCUT2D eigenvalue weighted by molar-refractivity contribution is 0.0302. The van der Waals surface area contributed by atoms with Crippen molar-refractivity contribution in [2.45, 2.75) is 19.8 Å². The Balaban J connectivity index is 2.10. The summed E-state index contributed by atoms with van der Waals surface area (Å²) in [6.45, 7) is 4.15. The van der Waals surface area contributed by atoms with Crippen LogP contribution in [0.3, 0.4) is 0 Å². The molecule has 1 aliphatic heterocycles. The summed E-state index contributed by atoms with van der Waals surface area (Å²) >= 11 is 1.05. The average Bonchev–Trinajstić information content (AvgIpc) is 2.91. The monoisotopic (exact) mass is 349 g/mol. The van der Waals surface area contributed by atoms with Crippen molar-refractivity contribution < 1.29 is 19.4 Å². The van der Waals surface area contributed by atoms with Crippen LogP contribution >= 0.6 is 11.3 Å². The smallest absolute Gasteiger partial charge is 0.348 e. The number of carboxylic acid groups (broad SMARTS) is 1. The third-order valence-corrected chi connectivity index (χ3v) is 5.11. The Morgan fingerprint density at radius 1 is 1.42 bits per heavy atom. The fourth-order valence-electron chi connectivity index (χ4n) is 2.79. The first-order valence-corrected chi connectivity index (χ1v) is 8.66. The summed E-state index contributed by atoms with van der Waals surface area (Å²) < 4.78 is 5.29. The molecule has 0 radical (unpaired) electrons. The molecule has 2 aromatic heterocycles. The van der Waals surface area contributed by atoms with Crippen LogP contribution in [0.2, 0.25) is 0 Å². The van der Waals surface area contributed by atoms with Gasteiger partial charge in [0.1, 0.15) is 9.71 Å². The molecular formula is C16H19N3O4S. The molecule has 1 fully saturated rings. The number of fused-ring (bicyclic) bond motifs is 1. The Labute approximate surface area is 143 Å². The highest BCUT2D eigenvalue weighted by molar-refractivity contribution is 7.21. The summed E-state index contributed by atoms with van der Waals surface area (Å²) in [6, 6.07) is 1.70. The number of hydrogen-bond donors (Lipinski definition) is 2. The quantitative estimate of drug-likeness (QED) is 0.874. The van der Waals surface area contributed by atoms with Gasteiger partial charge in [0, 0.05) is 18.5 Å². The number of carboxylic acids is 1. The van der Waals surface area contributed by atoms with E-state index in [1.54, 1.807) is 11.0 Å². The van der Waals surface area contributed by atoms with E-state index in [1.165, 1.54) is 0 Å². The number of anilines is 1. The minimum Gasteiger partial charge on any atom is -0.477 e. The standard InChI is InChI=1S/C16H19N3O4S/c1-2-3-11-9(15(20)19-4-6-23-7-5-19)8-10-12(17)13(16(21)22)24-14(10)18-11/h8H,2-7,17H2,1H3,(H,21,22). The highest BCUT2D eigenvalue weighted by Gasteiger charge is 2.24. The van der Waals surface area contributed by atoms with Gasteiger partial charge in [-0.1, -0.05) is 13.3 Å². The SMILES string of the molecule is CCCc1nc2sc(C(=O)O)c(N)c2cc1C(=O)N1CCOCC1. The van der Waals surface area contributed by atoms with Crippen molar-refractivity contribution in [2.75, 3.05) is 32.0 Å². The number of aryl methyl sites for hydroxylation is 1. The van der Waals surface area contributed by atoms with Crippen molar-refractivity contribution in [3.05, 3.63) is 22.2 Å². The summed E-state index contributed by atoms with van der Waals surface area (Å²) in [6.07, 6.45) is 1.50. The van der Waals surface area contributed by atoms with Gasteiger partial charge in [0.25, 0.3) is 5.91 Å². The van der Waals surface area contributed by atoms with Gasteiger partial charge >= 0.3 is 5.97 Å². The first kappa shape index (κ1) is 16.7.